The van der Waals surface area contributed by atoms with Crippen molar-refractivity contribution in [3.8, 4) is 17.0 Å². The Labute approximate surface area is 121 Å². The SMILES string of the molecule is O=c1[nH]c(C2CCCC2)nc(O)c1-c1cccc(Cl)c1. The molecule has 0 saturated heterocycles. The lowest BCUT2D eigenvalue weighted by atomic mass is 10.1. The highest BCUT2D eigenvalue weighted by Crippen LogP contribution is 2.33. The van der Waals surface area contributed by atoms with Crippen LogP contribution in [0.1, 0.15) is 37.4 Å². The van der Waals surface area contributed by atoms with E-state index >= 15 is 0 Å². The number of aromatic nitrogens is 2. The molecule has 1 aromatic heterocycles. The minimum Gasteiger partial charge on any atom is -0.493 e. The highest BCUT2D eigenvalue weighted by atomic mass is 35.5. The quantitative estimate of drug-likeness (QED) is 0.890. The van der Waals surface area contributed by atoms with Crippen LogP contribution in [0.4, 0.5) is 0 Å². The summed E-state index contributed by atoms with van der Waals surface area (Å²) in [5, 5.41) is 10.6. The molecule has 0 radical (unpaired) electrons. The van der Waals surface area contributed by atoms with Gasteiger partial charge in [-0.1, -0.05) is 36.6 Å². The molecule has 2 N–H and O–H groups in total. The van der Waals surface area contributed by atoms with E-state index < -0.39 is 0 Å². The molecule has 3 rings (SSSR count). The number of aromatic hydroxyl groups is 1. The smallest absolute Gasteiger partial charge is 0.262 e. The third-order valence-corrected chi connectivity index (χ3v) is 4.01. The molecule has 0 atom stereocenters. The number of benzene rings is 1. The van der Waals surface area contributed by atoms with E-state index in [0.29, 0.717) is 16.4 Å². The Morgan fingerprint density at radius 1 is 1.30 bits per heavy atom. The third-order valence-electron chi connectivity index (χ3n) is 3.77. The second-order valence-electron chi connectivity index (χ2n) is 5.14. The largest absolute Gasteiger partial charge is 0.493 e. The first-order chi connectivity index (χ1) is 9.65. The number of hydrogen-bond donors (Lipinski definition) is 2. The van der Waals surface area contributed by atoms with Gasteiger partial charge in [0.25, 0.3) is 5.56 Å². The molecule has 20 heavy (non-hydrogen) atoms. The molecular weight excluding hydrogens is 276 g/mol. The van der Waals surface area contributed by atoms with Gasteiger partial charge in [0.15, 0.2) is 0 Å². The summed E-state index contributed by atoms with van der Waals surface area (Å²) >= 11 is 5.92. The molecule has 1 aliphatic rings. The standard InChI is InChI=1S/C15H15ClN2O2/c16-11-7-3-6-10(8-11)12-14(19)17-13(18-15(12)20)9-4-1-2-5-9/h3,6-9H,1-2,4-5H2,(H2,17,18,19,20). The first-order valence-corrected chi connectivity index (χ1v) is 7.12. The van der Waals surface area contributed by atoms with E-state index in [1.54, 1.807) is 24.3 Å². The molecule has 0 spiro atoms. The normalized spacial score (nSPS) is 15.7. The van der Waals surface area contributed by atoms with Gasteiger partial charge in [0.1, 0.15) is 11.4 Å². The Balaban J connectivity index is 2.07. The van der Waals surface area contributed by atoms with Gasteiger partial charge in [-0.05, 0) is 30.5 Å². The minimum atomic E-state index is -0.318. The maximum atomic E-state index is 12.2. The van der Waals surface area contributed by atoms with Gasteiger partial charge in [-0.3, -0.25) is 4.79 Å². The van der Waals surface area contributed by atoms with Crippen molar-refractivity contribution < 1.29 is 5.11 Å². The van der Waals surface area contributed by atoms with Gasteiger partial charge in [-0.2, -0.15) is 4.98 Å². The maximum Gasteiger partial charge on any atom is 0.262 e. The van der Waals surface area contributed by atoms with E-state index in [1.165, 1.54) is 0 Å². The molecule has 0 unspecified atom stereocenters. The summed E-state index contributed by atoms with van der Waals surface area (Å²) in [5.41, 5.74) is 0.428. The van der Waals surface area contributed by atoms with Crippen molar-refractivity contribution in [1.29, 1.82) is 0 Å². The van der Waals surface area contributed by atoms with Gasteiger partial charge in [0.2, 0.25) is 5.88 Å². The molecule has 1 aromatic carbocycles. The number of aromatic amines is 1. The van der Waals surface area contributed by atoms with Crippen LogP contribution in [0.5, 0.6) is 5.88 Å². The lowest BCUT2D eigenvalue weighted by Gasteiger charge is -2.10. The van der Waals surface area contributed by atoms with Crippen LogP contribution in [0.2, 0.25) is 5.02 Å². The van der Waals surface area contributed by atoms with Crippen LogP contribution >= 0.6 is 11.6 Å². The van der Waals surface area contributed by atoms with Crippen LogP contribution in [0.15, 0.2) is 29.1 Å². The molecular formula is C15H15ClN2O2. The van der Waals surface area contributed by atoms with Crippen LogP contribution in [0.3, 0.4) is 0 Å². The Kier molecular flexibility index (Phi) is 3.49. The van der Waals surface area contributed by atoms with E-state index in [-0.39, 0.29) is 22.9 Å². The first kappa shape index (κ1) is 13.2. The van der Waals surface area contributed by atoms with Gasteiger partial charge in [0.05, 0.1) is 0 Å². The molecule has 2 aromatic rings. The van der Waals surface area contributed by atoms with Gasteiger partial charge in [-0.15, -0.1) is 0 Å². The van der Waals surface area contributed by atoms with Gasteiger partial charge in [0, 0.05) is 10.9 Å². The first-order valence-electron chi connectivity index (χ1n) is 6.74. The van der Waals surface area contributed by atoms with Crippen LogP contribution in [-0.2, 0) is 0 Å². The van der Waals surface area contributed by atoms with E-state index in [1.807, 2.05) is 0 Å². The monoisotopic (exact) mass is 290 g/mol. The summed E-state index contributed by atoms with van der Waals surface area (Å²) in [7, 11) is 0. The van der Waals surface area contributed by atoms with Crippen molar-refractivity contribution in [3.63, 3.8) is 0 Å². The zero-order chi connectivity index (χ0) is 14.1. The van der Waals surface area contributed by atoms with Crippen molar-refractivity contribution in [3.05, 3.63) is 45.5 Å². The van der Waals surface area contributed by atoms with Crippen molar-refractivity contribution in [2.75, 3.05) is 0 Å². The highest BCUT2D eigenvalue weighted by molar-refractivity contribution is 6.30. The number of H-pyrrole nitrogens is 1. The number of hydrogen-bond acceptors (Lipinski definition) is 3. The molecule has 1 heterocycles. The molecule has 5 heteroatoms. The van der Waals surface area contributed by atoms with Gasteiger partial charge in [-0.25, -0.2) is 0 Å². The van der Waals surface area contributed by atoms with E-state index in [0.717, 1.165) is 25.7 Å². The number of rotatable bonds is 2. The van der Waals surface area contributed by atoms with Crippen molar-refractivity contribution in [2.24, 2.45) is 0 Å². The van der Waals surface area contributed by atoms with Gasteiger partial charge >= 0.3 is 0 Å². The second-order valence-corrected chi connectivity index (χ2v) is 5.58. The summed E-state index contributed by atoms with van der Waals surface area (Å²) in [6, 6.07) is 6.83. The second kappa shape index (κ2) is 5.29. The van der Waals surface area contributed by atoms with E-state index in [9.17, 15) is 9.90 Å². The summed E-state index contributed by atoms with van der Waals surface area (Å²) in [6.07, 6.45) is 4.31. The van der Waals surface area contributed by atoms with Crippen molar-refractivity contribution >= 4 is 11.6 Å². The van der Waals surface area contributed by atoms with Crippen molar-refractivity contribution in [2.45, 2.75) is 31.6 Å². The Hall–Kier alpha value is -1.81. The Morgan fingerprint density at radius 3 is 2.70 bits per heavy atom. The fourth-order valence-corrected chi connectivity index (χ4v) is 2.97. The molecule has 104 valence electrons. The molecule has 1 aliphatic carbocycles. The summed E-state index contributed by atoms with van der Waals surface area (Å²) in [4.78, 5) is 19.2. The third kappa shape index (κ3) is 2.43. The molecule has 0 bridgehead atoms. The van der Waals surface area contributed by atoms with Crippen molar-refractivity contribution in [1.82, 2.24) is 9.97 Å². The van der Waals surface area contributed by atoms with E-state index in [4.69, 9.17) is 11.6 Å². The molecule has 0 amide bonds. The molecule has 1 fully saturated rings. The highest BCUT2D eigenvalue weighted by Gasteiger charge is 2.22. The zero-order valence-corrected chi connectivity index (χ0v) is 11.7. The molecule has 0 aliphatic heterocycles. The minimum absolute atomic E-state index is 0.175. The van der Waals surface area contributed by atoms with Crippen LogP contribution < -0.4 is 5.56 Å². The fourth-order valence-electron chi connectivity index (χ4n) is 2.78. The van der Waals surface area contributed by atoms with Crippen LogP contribution in [-0.4, -0.2) is 15.1 Å². The molecule has 4 nitrogen and oxygen atoms in total. The van der Waals surface area contributed by atoms with E-state index in [2.05, 4.69) is 9.97 Å². The fraction of sp³-hybridized carbons (Fsp3) is 0.333. The molecule has 1 saturated carbocycles. The Morgan fingerprint density at radius 2 is 2.05 bits per heavy atom. The van der Waals surface area contributed by atoms with Crippen LogP contribution in [0.25, 0.3) is 11.1 Å². The number of halogens is 1. The average molecular weight is 291 g/mol. The predicted octanol–water partition coefficient (Wildman–Crippen LogP) is 3.45. The maximum absolute atomic E-state index is 12.2. The number of nitrogens with zero attached hydrogens (tertiary/aromatic N) is 1. The average Bonchev–Trinajstić information content (AvgIpc) is 2.91. The summed E-state index contributed by atoms with van der Waals surface area (Å²) < 4.78 is 0. The van der Waals surface area contributed by atoms with Crippen LogP contribution in [0, 0.1) is 0 Å². The van der Waals surface area contributed by atoms with Gasteiger partial charge < -0.3 is 10.1 Å². The topological polar surface area (TPSA) is 66.0 Å². The lowest BCUT2D eigenvalue weighted by molar-refractivity contribution is 0.446. The Bertz CT molecular complexity index is 691. The number of nitrogens with one attached hydrogen (secondary N) is 1. The summed E-state index contributed by atoms with van der Waals surface area (Å²) in [5.74, 6) is 0.621. The zero-order valence-electron chi connectivity index (χ0n) is 10.9. The predicted molar refractivity (Wildman–Crippen MR) is 78.2 cm³/mol. The lowest BCUT2D eigenvalue weighted by Crippen LogP contribution is -2.15. The summed E-state index contributed by atoms with van der Waals surface area (Å²) in [6.45, 7) is 0.